The van der Waals surface area contributed by atoms with Crippen molar-refractivity contribution in [3.8, 4) is 11.3 Å². The summed E-state index contributed by atoms with van der Waals surface area (Å²) in [4.78, 5) is 15.3. The second-order valence-corrected chi connectivity index (χ2v) is 8.29. The van der Waals surface area contributed by atoms with Crippen LogP contribution in [0.2, 0.25) is 0 Å². The lowest BCUT2D eigenvalue weighted by Crippen LogP contribution is -2.32. The standard InChI is InChI=1S/C18H18N2O2S2/c1-10(2)15(14-4-3-8-23-14)19-18(21)16-12-5-6-13-11(7-9-24-13)17(12)22-20-16/h3-4,7-10,15H,5-6H2,1-2H3,(H,19,21)/t15-/m1/s1. The maximum atomic E-state index is 12.8. The maximum Gasteiger partial charge on any atom is 0.274 e. The van der Waals surface area contributed by atoms with Crippen LogP contribution in [0.1, 0.15) is 45.7 Å². The van der Waals surface area contributed by atoms with Gasteiger partial charge in [-0.2, -0.15) is 0 Å². The molecule has 0 bridgehead atoms. The molecule has 4 nitrogen and oxygen atoms in total. The molecule has 0 aliphatic heterocycles. The van der Waals surface area contributed by atoms with E-state index in [0.29, 0.717) is 11.6 Å². The van der Waals surface area contributed by atoms with Crippen LogP contribution in [0, 0.1) is 5.92 Å². The van der Waals surface area contributed by atoms with Crippen molar-refractivity contribution >= 4 is 28.6 Å². The van der Waals surface area contributed by atoms with E-state index in [0.717, 1.165) is 34.6 Å². The number of aryl methyl sites for hydroxylation is 1. The van der Waals surface area contributed by atoms with Gasteiger partial charge in [0.25, 0.3) is 5.91 Å². The Hall–Kier alpha value is -1.92. The van der Waals surface area contributed by atoms with Crippen LogP contribution in [-0.4, -0.2) is 11.1 Å². The van der Waals surface area contributed by atoms with Crippen molar-refractivity contribution < 1.29 is 9.32 Å². The molecule has 0 saturated carbocycles. The van der Waals surface area contributed by atoms with Crippen molar-refractivity contribution in [3.05, 3.63) is 50.0 Å². The van der Waals surface area contributed by atoms with E-state index in [4.69, 9.17) is 4.52 Å². The molecular weight excluding hydrogens is 340 g/mol. The highest BCUT2D eigenvalue weighted by Crippen LogP contribution is 2.38. The fraction of sp³-hybridized carbons (Fsp3) is 0.333. The summed E-state index contributed by atoms with van der Waals surface area (Å²) in [6.07, 6.45) is 1.75. The van der Waals surface area contributed by atoms with Crippen LogP contribution in [0.4, 0.5) is 0 Å². The molecule has 0 radical (unpaired) electrons. The average Bonchev–Trinajstić information content (AvgIpc) is 3.29. The van der Waals surface area contributed by atoms with E-state index in [1.54, 1.807) is 22.7 Å². The monoisotopic (exact) mass is 358 g/mol. The van der Waals surface area contributed by atoms with Crippen LogP contribution in [0.5, 0.6) is 0 Å². The molecule has 3 aromatic rings. The Morgan fingerprint density at radius 2 is 2.12 bits per heavy atom. The lowest BCUT2D eigenvalue weighted by molar-refractivity contribution is 0.0916. The van der Waals surface area contributed by atoms with Gasteiger partial charge in [-0.1, -0.05) is 25.1 Å². The quantitative estimate of drug-likeness (QED) is 0.736. The minimum Gasteiger partial charge on any atom is -0.355 e. The Labute approximate surface area is 148 Å². The average molecular weight is 358 g/mol. The van der Waals surface area contributed by atoms with Crippen LogP contribution in [-0.2, 0) is 12.8 Å². The number of rotatable bonds is 4. The van der Waals surface area contributed by atoms with Gasteiger partial charge in [-0.15, -0.1) is 22.7 Å². The molecule has 1 amide bonds. The zero-order chi connectivity index (χ0) is 16.7. The van der Waals surface area contributed by atoms with Gasteiger partial charge >= 0.3 is 0 Å². The number of nitrogens with one attached hydrogen (secondary N) is 1. The van der Waals surface area contributed by atoms with E-state index >= 15 is 0 Å². The molecule has 1 aliphatic rings. The van der Waals surface area contributed by atoms with Crippen molar-refractivity contribution in [1.29, 1.82) is 0 Å². The SMILES string of the molecule is CC(C)[C@@H](NC(=O)c1noc2c1CCc1sccc1-2)c1cccs1. The maximum absolute atomic E-state index is 12.8. The Balaban J connectivity index is 1.62. The second kappa shape index (κ2) is 6.18. The van der Waals surface area contributed by atoms with E-state index in [-0.39, 0.29) is 11.9 Å². The van der Waals surface area contributed by atoms with E-state index in [9.17, 15) is 4.79 Å². The first-order valence-corrected chi connectivity index (χ1v) is 9.80. The zero-order valence-corrected chi connectivity index (χ0v) is 15.2. The molecule has 6 heteroatoms. The predicted octanol–water partition coefficient (Wildman–Crippen LogP) is 4.69. The fourth-order valence-electron chi connectivity index (χ4n) is 3.15. The Bertz CT molecular complexity index is 862. The molecule has 3 heterocycles. The third-order valence-corrected chi connectivity index (χ3v) is 6.33. The van der Waals surface area contributed by atoms with Gasteiger partial charge in [0.05, 0.1) is 6.04 Å². The number of nitrogens with zero attached hydrogens (tertiary/aromatic N) is 1. The molecule has 0 saturated heterocycles. The lowest BCUT2D eigenvalue weighted by atomic mass is 9.95. The highest BCUT2D eigenvalue weighted by Gasteiger charge is 2.30. The molecule has 1 aliphatic carbocycles. The molecule has 0 spiro atoms. The number of carbonyl (C=O) groups is 1. The van der Waals surface area contributed by atoms with Gasteiger partial charge in [-0.3, -0.25) is 4.79 Å². The molecule has 3 aromatic heterocycles. The summed E-state index contributed by atoms with van der Waals surface area (Å²) < 4.78 is 5.52. The van der Waals surface area contributed by atoms with E-state index in [2.05, 4.69) is 35.8 Å². The summed E-state index contributed by atoms with van der Waals surface area (Å²) in [5.41, 5.74) is 2.46. The van der Waals surface area contributed by atoms with Gasteiger partial charge in [0.15, 0.2) is 11.5 Å². The van der Waals surface area contributed by atoms with Crippen LogP contribution in [0.3, 0.4) is 0 Å². The number of fused-ring (bicyclic) bond motifs is 3. The summed E-state index contributed by atoms with van der Waals surface area (Å²) in [6.45, 7) is 4.22. The summed E-state index contributed by atoms with van der Waals surface area (Å²) in [5, 5.41) is 11.3. The molecule has 0 unspecified atom stereocenters. The van der Waals surface area contributed by atoms with Crippen LogP contribution < -0.4 is 5.32 Å². The first-order valence-electron chi connectivity index (χ1n) is 8.04. The smallest absolute Gasteiger partial charge is 0.274 e. The molecular formula is C18H18N2O2S2. The largest absolute Gasteiger partial charge is 0.355 e. The lowest BCUT2D eigenvalue weighted by Gasteiger charge is -2.21. The summed E-state index contributed by atoms with van der Waals surface area (Å²) >= 11 is 3.39. The van der Waals surface area contributed by atoms with E-state index < -0.39 is 0 Å². The number of amides is 1. The highest BCUT2D eigenvalue weighted by atomic mass is 32.1. The normalized spacial score (nSPS) is 14.3. The molecule has 1 atom stereocenters. The molecule has 24 heavy (non-hydrogen) atoms. The van der Waals surface area contributed by atoms with Gasteiger partial charge in [0, 0.05) is 20.9 Å². The number of hydrogen-bond donors (Lipinski definition) is 1. The highest BCUT2D eigenvalue weighted by molar-refractivity contribution is 7.10. The summed E-state index contributed by atoms with van der Waals surface area (Å²) in [6, 6.07) is 6.11. The summed E-state index contributed by atoms with van der Waals surface area (Å²) in [5.74, 6) is 0.921. The number of hydrogen-bond acceptors (Lipinski definition) is 5. The number of carbonyl (C=O) groups excluding carboxylic acids is 1. The number of thiophene rings is 2. The molecule has 1 N–H and O–H groups in total. The first-order chi connectivity index (χ1) is 11.6. The fourth-order valence-corrected chi connectivity index (χ4v) is 4.98. The van der Waals surface area contributed by atoms with Crippen molar-refractivity contribution in [3.63, 3.8) is 0 Å². The first kappa shape index (κ1) is 15.6. The Morgan fingerprint density at radius 1 is 1.25 bits per heavy atom. The van der Waals surface area contributed by atoms with Gasteiger partial charge in [0.1, 0.15) is 0 Å². The third-order valence-electron chi connectivity index (χ3n) is 4.40. The number of aromatic nitrogens is 1. The van der Waals surface area contributed by atoms with Gasteiger partial charge in [-0.05, 0) is 41.7 Å². The van der Waals surface area contributed by atoms with Crippen molar-refractivity contribution in [2.75, 3.05) is 0 Å². The van der Waals surface area contributed by atoms with E-state index in [1.807, 2.05) is 17.5 Å². The minimum absolute atomic E-state index is 0.00912. The minimum atomic E-state index is -0.147. The van der Waals surface area contributed by atoms with E-state index in [1.165, 1.54) is 4.88 Å². The molecule has 0 fully saturated rings. The van der Waals surface area contributed by atoms with Crippen molar-refractivity contribution in [2.24, 2.45) is 5.92 Å². The van der Waals surface area contributed by atoms with Gasteiger partial charge < -0.3 is 9.84 Å². The van der Waals surface area contributed by atoms with Gasteiger partial charge in [-0.25, -0.2) is 0 Å². The van der Waals surface area contributed by atoms with Crippen LogP contribution in [0.15, 0.2) is 33.5 Å². The van der Waals surface area contributed by atoms with Crippen molar-refractivity contribution in [2.45, 2.75) is 32.7 Å². The molecule has 124 valence electrons. The molecule has 0 aromatic carbocycles. The van der Waals surface area contributed by atoms with Gasteiger partial charge in [0.2, 0.25) is 0 Å². The summed E-state index contributed by atoms with van der Waals surface area (Å²) in [7, 11) is 0. The van der Waals surface area contributed by atoms with Crippen LogP contribution >= 0.6 is 22.7 Å². The predicted molar refractivity (Wildman–Crippen MR) is 96.6 cm³/mol. The Kier molecular flexibility index (Phi) is 4.02. The topological polar surface area (TPSA) is 55.1 Å². The Morgan fingerprint density at radius 3 is 2.88 bits per heavy atom. The second-order valence-electron chi connectivity index (χ2n) is 6.31. The van der Waals surface area contributed by atoms with Crippen LogP contribution in [0.25, 0.3) is 11.3 Å². The third kappa shape index (κ3) is 2.59. The van der Waals surface area contributed by atoms with Crippen molar-refractivity contribution in [1.82, 2.24) is 10.5 Å². The molecule has 4 rings (SSSR count). The zero-order valence-electron chi connectivity index (χ0n) is 13.5.